The summed E-state index contributed by atoms with van der Waals surface area (Å²) in [5, 5.41) is 3.18. The van der Waals surface area contributed by atoms with Crippen LogP contribution in [0, 0.1) is 0 Å². The van der Waals surface area contributed by atoms with Crippen molar-refractivity contribution in [3.63, 3.8) is 0 Å². The molecule has 0 saturated heterocycles. The average molecular weight is 405 g/mol. The number of nitrogens with one attached hydrogen (secondary N) is 1. The Labute approximate surface area is 132 Å². The fraction of sp³-hybridized carbons (Fsp3) is 0.154. The summed E-state index contributed by atoms with van der Waals surface area (Å²) in [5.74, 6) is -0.308. The van der Waals surface area contributed by atoms with E-state index in [4.69, 9.17) is 4.74 Å². The van der Waals surface area contributed by atoms with E-state index in [2.05, 4.69) is 37.2 Å². The number of esters is 1. The van der Waals surface area contributed by atoms with Gasteiger partial charge in [0.25, 0.3) is 0 Å². The number of hydrogen-bond donors (Lipinski definition) is 1. The summed E-state index contributed by atoms with van der Waals surface area (Å²) in [5.41, 5.74) is 0.864. The van der Waals surface area contributed by atoms with Gasteiger partial charge >= 0.3 is 5.97 Å². The number of anilines is 1. The molecule has 0 aliphatic heterocycles. The van der Waals surface area contributed by atoms with Crippen molar-refractivity contribution in [3.05, 3.63) is 49.5 Å². The Balaban J connectivity index is 2.23. The van der Waals surface area contributed by atoms with Crippen molar-refractivity contribution in [2.75, 3.05) is 12.4 Å². The summed E-state index contributed by atoms with van der Waals surface area (Å²) in [6.45, 7) is 0. The van der Waals surface area contributed by atoms with Crippen molar-refractivity contribution < 1.29 is 9.53 Å². The van der Waals surface area contributed by atoms with E-state index in [-0.39, 0.29) is 5.97 Å². The Morgan fingerprint density at radius 2 is 1.89 bits per heavy atom. The van der Waals surface area contributed by atoms with Crippen molar-refractivity contribution in [2.45, 2.75) is 6.04 Å². The average Bonchev–Trinajstić information content (AvgIpc) is 2.83. The van der Waals surface area contributed by atoms with Crippen LogP contribution in [0.5, 0.6) is 0 Å². The molecule has 19 heavy (non-hydrogen) atoms. The molecule has 1 heterocycles. The third-order valence-corrected chi connectivity index (χ3v) is 4.69. The molecule has 1 N–H and O–H groups in total. The van der Waals surface area contributed by atoms with E-state index < -0.39 is 6.04 Å². The SMILES string of the molecule is COC(=O)C(Nc1ccc(Br)cc1)c1ccc(Br)s1. The number of ether oxygens (including phenoxy) is 1. The van der Waals surface area contributed by atoms with Crippen molar-refractivity contribution in [2.24, 2.45) is 0 Å². The van der Waals surface area contributed by atoms with Gasteiger partial charge in [0.05, 0.1) is 10.9 Å². The quantitative estimate of drug-likeness (QED) is 0.756. The summed E-state index contributed by atoms with van der Waals surface area (Å²) in [4.78, 5) is 12.8. The lowest BCUT2D eigenvalue weighted by Crippen LogP contribution is -2.21. The van der Waals surface area contributed by atoms with Crippen molar-refractivity contribution >= 4 is 54.9 Å². The standard InChI is InChI=1S/C13H11Br2NO2S/c1-18-13(17)12(10-6-7-11(15)19-10)16-9-4-2-8(14)3-5-9/h2-7,12,16H,1H3. The van der Waals surface area contributed by atoms with Crippen LogP contribution in [0.1, 0.15) is 10.9 Å². The molecule has 0 radical (unpaired) electrons. The first-order chi connectivity index (χ1) is 9.10. The van der Waals surface area contributed by atoms with E-state index in [1.807, 2.05) is 36.4 Å². The first kappa shape index (κ1) is 14.6. The fourth-order valence-electron chi connectivity index (χ4n) is 1.56. The van der Waals surface area contributed by atoms with Gasteiger partial charge in [-0.3, -0.25) is 0 Å². The van der Waals surface area contributed by atoms with Gasteiger partial charge in [0, 0.05) is 15.0 Å². The molecule has 0 aliphatic rings. The molecule has 1 aromatic carbocycles. The van der Waals surface area contributed by atoms with E-state index in [0.717, 1.165) is 18.8 Å². The zero-order chi connectivity index (χ0) is 13.8. The smallest absolute Gasteiger partial charge is 0.333 e. The molecule has 0 saturated carbocycles. The summed E-state index contributed by atoms with van der Waals surface area (Å²) >= 11 is 8.28. The highest BCUT2D eigenvalue weighted by atomic mass is 79.9. The molecule has 0 aliphatic carbocycles. The number of methoxy groups -OCH3 is 1. The van der Waals surface area contributed by atoms with Gasteiger partial charge in [0.1, 0.15) is 0 Å². The monoisotopic (exact) mass is 403 g/mol. The van der Waals surface area contributed by atoms with Crippen LogP contribution >= 0.6 is 43.2 Å². The van der Waals surface area contributed by atoms with E-state index in [1.165, 1.54) is 18.4 Å². The van der Waals surface area contributed by atoms with E-state index in [0.29, 0.717) is 0 Å². The van der Waals surface area contributed by atoms with Crippen LogP contribution in [0.4, 0.5) is 5.69 Å². The molecular formula is C13H11Br2NO2S. The zero-order valence-electron chi connectivity index (χ0n) is 10.0. The fourth-order valence-corrected chi connectivity index (χ4v) is 3.29. The summed E-state index contributed by atoms with van der Waals surface area (Å²) in [7, 11) is 1.39. The minimum absolute atomic E-state index is 0.308. The Morgan fingerprint density at radius 3 is 2.42 bits per heavy atom. The molecule has 2 rings (SSSR count). The molecule has 0 amide bonds. The molecule has 0 bridgehead atoms. The molecule has 1 aromatic heterocycles. The lowest BCUT2D eigenvalue weighted by molar-refractivity contribution is -0.141. The van der Waals surface area contributed by atoms with E-state index >= 15 is 0 Å². The van der Waals surface area contributed by atoms with Crippen molar-refractivity contribution in [3.8, 4) is 0 Å². The normalized spacial score (nSPS) is 11.9. The minimum atomic E-state index is -0.498. The predicted octanol–water partition coefficient (Wildman–Crippen LogP) is 4.60. The summed E-state index contributed by atoms with van der Waals surface area (Å²) in [6, 6.07) is 11.0. The van der Waals surface area contributed by atoms with Gasteiger partial charge in [-0.25, -0.2) is 4.79 Å². The first-order valence-electron chi connectivity index (χ1n) is 5.45. The van der Waals surface area contributed by atoms with Gasteiger partial charge < -0.3 is 10.1 Å². The van der Waals surface area contributed by atoms with Gasteiger partial charge in [-0.05, 0) is 52.3 Å². The van der Waals surface area contributed by atoms with Crippen LogP contribution in [0.25, 0.3) is 0 Å². The topological polar surface area (TPSA) is 38.3 Å². The summed E-state index contributed by atoms with van der Waals surface area (Å²) in [6.07, 6.45) is 0. The van der Waals surface area contributed by atoms with Gasteiger partial charge in [-0.2, -0.15) is 0 Å². The Hall–Kier alpha value is -0.850. The molecular weight excluding hydrogens is 394 g/mol. The number of thiophene rings is 1. The Morgan fingerprint density at radius 1 is 1.21 bits per heavy atom. The van der Waals surface area contributed by atoms with Crippen LogP contribution in [0.15, 0.2) is 44.7 Å². The van der Waals surface area contributed by atoms with Crippen LogP contribution in [-0.2, 0) is 9.53 Å². The second-order valence-electron chi connectivity index (χ2n) is 3.75. The minimum Gasteiger partial charge on any atom is -0.467 e. The largest absolute Gasteiger partial charge is 0.467 e. The first-order valence-corrected chi connectivity index (χ1v) is 7.85. The van der Waals surface area contributed by atoms with Gasteiger partial charge in [0.2, 0.25) is 0 Å². The molecule has 1 atom stereocenters. The highest BCUT2D eigenvalue weighted by Gasteiger charge is 2.22. The predicted molar refractivity (Wildman–Crippen MR) is 84.5 cm³/mol. The zero-order valence-corrected chi connectivity index (χ0v) is 14.0. The van der Waals surface area contributed by atoms with Gasteiger partial charge in [0.15, 0.2) is 6.04 Å². The second-order valence-corrected chi connectivity index (χ2v) is 7.16. The lowest BCUT2D eigenvalue weighted by atomic mass is 10.2. The lowest BCUT2D eigenvalue weighted by Gasteiger charge is -2.16. The Bertz CT molecular complexity index is 568. The molecule has 3 nitrogen and oxygen atoms in total. The number of carbonyl (C=O) groups is 1. The van der Waals surface area contributed by atoms with Crippen LogP contribution in [-0.4, -0.2) is 13.1 Å². The maximum absolute atomic E-state index is 11.9. The van der Waals surface area contributed by atoms with Gasteiger partial charge in [-0.15, -0.1) is 11.3 Å². The third kappa shape index (κ3) is 3.81. The second kappa shape index (κ2) is 6.54. The molecule has 2 aromatic rings. The third-order valence-electron chi connectivity index (χ3n) is 2.47. The van der Waals surface area contributed by atoms with Gasteiger partial charge in [-0.1, -0.05) is 15.9 Å². The maximum atomic E-state index is 11.9. The Kier molecular flexibility index (Phi) is 5.01. The molecule has 1 unspecified atom stereocenters. The number of halogens is 2. The number of hydrogen-bond acceptors (Lipinski definition) is 4. The van der Waals surface area contributed by atoms with Crippen LogP contribution in [0.2, 0.25) is 0 Å². The van der Waals surface area contributed by atoms with Crippen LogP contribution in [0.3, 0.4) is 0 Å². The maximum Gasteiger partial charge on any atom is 0.333 e. The van der Waals surface area contributed by atoms with Crippen molar-refractivity contribution in [1.29, 1.82) is 0 Å². The highest BCUT2D eigenvalue weighted by molar-refractivity contribution is 9.11. The number of benzene rings is 1. The van der Waals surface area contributed by atoms with Crippen molar-refractivity contribution in [1.82, 2.24) is 0 Å². The van der Waals surface area contributed by atoms with E-state index in [9.17, 15) is 4.79 Å². The van der Waals surface area contributed by atoms with E-state index in [1.54, 1.807) is 0 Å². The molecule has 0 spiro atoms. The summed E-state index contributed by atoms with van der Waals surface area (Å²) < 4.78 is 6.83. The molecule has 6 heteroatoms. The molecule has 100 valence electrons. The van der Waals surface area contributed by atoms with Crippen LogP contribution < -0.4 is 5.32 Å². The highest BCUT2D eigenvalue weighted by Crippen LogP contribution is 2.30. The number of carbonyl (C=O) groups excluding carboxylic acids is 1. The molecule has 0 fully saturated rings. The number of rotatable bonds is 4.